The number of methoxy groups -OCH3 is 1. The highest BCUT2D eigenvalue weighted by molar-refractivity contribution is 5.79. The van der Waals surface area contributed by atoms with Gasteiger partial charge in [-0.15, -0.1) is 0 Å². The highest BCUT2D eigenvalue weighted by atomic mass is 16.6. The topological polar surface area (TPSA) is 91.3 Å². The average Bonchev–Trinajstić information content (AvgIpc) is 3.46. The van der Waals surface area contributed by atoms with E-state index in [1.54, 1.807) is 7.11 Å². The van der Waals surface area contributed by atoms with E-state index in [0.717, 1.165) is 36.5 Å². The second kappa shape index (κ2) is 9.63. The van der Waals surface area contributed by atoms with E-state index in [4.69, 9.17) is 9.47 Å². The van der Waals surface area contributed by atoms with Gasteiger partial charge >= 0.3 is 5.97 Å². The third kappa shape index (κ3) is 3.65. The molecular formula is C32H39N3O5. The fraction of sp³-hybridized carbons (Fsp3) is 0.500. The fourth-order valence-corrected chi connectivity index (χ4v) is 8.73. The molecule has 0 radical (unpaired) electrons. The lowest BCUT2D eigenvalue weighted by Gasteiger charge is -2.64. The molecule has 6 atom stereocenters. The summed E-state index contributed by atoms with van der Waals surface area (Å²) in [6.07, 6.45) is 5.20. The van der Waals surface area contributed by atoms with Crippen LogP contribution >= 0.6 is 0 Å². The molecule has 4 aliphatic rings. The number of aliphatic hydroxyl groups is 1. The molecule has 1 unspecified atom stereocenters. The van der Waals surface area contributed by atoms with Crippen LogP contribution in [-0.2, 0) is 26.2 Å². The van der Waals surface area contributed by atoms with Gasteiger partial charge in [-0.05, 0) is 36.6 Å². The minimum atomic E-state index is -1.58. The van der Waals surface area contributed by atoms with Gasteiger partial charge in [0.05, 0.1) is 26.1 Å². The number of esters is 1. The molecule has 1 saturated carbocycles. The first kappa shape index (κ1) is 26.8. The summed E-state index contributed by atoms with van der Waals surface area (Å²) in [6.45, 7) is 5.15. The third-order valence-electron chi connectivity index (χ3n) is 9.99. The van der Waals surface area contributed by atoms with Crippen LogP contribution in [0.25, 0.3) is 0 Å². The number of rotatable bonds is 7. The van der Waals surface area contributed by atoms with Gasteiger partial charge in [-0.25, -0.2) is 0 Å². The van der Waals surface area contributed by atoms with Gasteiger partial charge in [0.25, 0.3) is 0 Å². The number of hydrogen-bond acceptors (Lipinski definition) is 7. The normalized spacial score (nSPS) is 33.6. The maximum Gasteiger partial charge on any atom is 0.303 e. The Morgan fingerprint density at radius 3 is 2.62 bits per heavy atom. The molecule has 40 heavy (non-hydrogen) atoms. The molecule has 1 aliphatic carbocycles. The molecule has 2 aromatic carbocycles. The summed E-state index contributed by atoms with van der Waals surface area (Å²) in [5.41, 5.74) is 0.418. The van der Waals surface area contributed by atoms with E-state index in [9.17, 15) is 14.7 Å². The monoisotopic (exact) mass is 545 g/mol. The van der Waals surface area contributed by atoms with Crippen molar-refractivity contribution in [2.75, 3.05) is 38.7 Å². The van der Waals surface area contributed by atoms with Gasteiger partial charge in [0.2, 0.25) is 5.91 Å². The van der Waals surface area contributed by atoms with Crippen LogP contribution < -0.4 is 15.0 Å². The Hall–Kier alpha value is -3.36. The van der Waals surface area contributed by atoms with Crippen LogP contribution in [0.4, 0.5) is 5.69 Å². The second-order valence-electron chi connectivity index (χ2n) is 11.9. The quantitative estimate of drug-likeness (QED) is 0.409. The van der Waals surface area contributed by atoms with Crippen molar-refractivity contribution in [2.45, 2.75) is 62.3 Å². The van der Waals surface area contributed by atoms with Crippen LogP contribution in [0.3, 0.4) is 0 Å². The van der Waals surface area contributed by atoms with Crippen molar-refractivity contribution >= 4 is 17.6 Å². The number of nitrogens with one attached hydrogen (secondary N) is 1. The van der Waals surface area contributed by atoms with E-state index in [1.807, 2.05) is 49.5 Å². The van der Waals surface area contributed by atoms with E-state index in [1.165, 1.54) is 12.5 Å². The predicted octanol–water partition coefficient (Wildman–Crippen LogP) is 2.83. The number of carbonyl (C=O) groups is 2. The van der Waals surface area contributed by atoms with Gasteiger partial charge in [0, 0.05) is 49.1 Å². The predicted molar refractivity (Wildman–Crippen MR) is 152 cm³/mol. The largest absolute Gasteiger partial charge is 0.497 e. The van der Waals surface area contributed by atoms with Crippen LogP contribution in [0.15, 0.2) is 60.7 Å². The maximum atomic E-state index is 13.2. The van der Waals surface area contributed by atoms with Gasteiger partial charge in [0.15, 0.2) is 0 Å². The summed E-state index contributed by atoms with van der Waals surface area (Å²) in [6, 6.07) is 15.3. The first-order chi connectivity index (χ1) is 19.2. The molecule has 2 fully saturated rings. The number of anilines is 1. The number of nitrogens with zero attached hydrogens (tertiary/aromatic N) is 2. The lowest BCUT2D eigenvalue weighted by atomic mass is 9.47. The highest BCUT2D eigenvalue weighted by Gasteiger charge is 2.77. The Bertz CT molecular complexity index is 1350. The molecule has 1 amide bonds. The molecule has 8 heteroatoms. The smallest absolute Gasteiger partial charge is 0.303 e. The number of carbonyl (C=O) groups excluding carboxylic acids is 2. The lowest BCUT2D eigenvalue weighted by molar-refractivity contribution is -0.217. The van der Waals surface area contributed by atoms with Crippen LogP contribution in [0.5, 0.6) is 5.75 Å². The molecular weight excluding hydrogens is 506 g/mol. The Balaban J connectivity index is 1.50. The zero-order chi connectivity index (χ0) is 28.3. The van der Waals surface area contributed by atoms with Gasteiger partial charge < -0.3 is 24.8 Å². The Morgan fingerprint density at radius 1 is 1.15 bits per heavy atom. The van der Waals surface area contributed by atoms with Crippen LogP contribution in [0.1, 0.15) is 37.8 Å². The molecule has 0 bridgehead atoms. The second-order valence-corrected chi connectivity index (χ2v) is 11.9. The van der Waals surface area contributed by atoms with Gasteiger partial charge in [-0.1, -0.05) is 55.5 Å². The number of ether oxygens (including phenoxy) is 2. The van der Waals surface area contributed by atoms with Gasteiger partial charge in [0.1, 0.15) is 17.5 Å². The Morgan fingerprint density at radius 2 is 1.93 bits per heavy atom. The standard InChI is InChI=1S/C32H39N3O5/c1-5-30-14-9-16-35-17-15-31(27(30)35)24-13-12-23(39-4)19-25(24)34(3)28(31)32(38,29(30)40-21(2)36)20-33-26(37)18-22-10-7-6-8-11-22/h6-14,19,27-29,38H,5,15-18,20H2,1-4H3,(H,33,37)/t27-,28+,29+,30?,31+,32-/m0/s1. The van der Waals surface area contributed by atoms with Gasteiger partial charge in [-0.3, -0.25) is 14.5 Å². The van der Waals surface area contributed by atoms with Crippen molar-refractivity contribution in [1.82, 2.24) is 10.2 Å². The maximum absolute atomic E-state index is 13.2. The number of likely N-dealkylation sites (N-methyl/N-ethyl adjacent to an activating group) is 1. The molecule has 1 saturated heterocycles. The molecule has 1 spiro atoms. The molecule has 6 rings (SSSR count). The molecule has 212 valence electrons. The number of fused-ring (bicyclic) bond motifs is 1. The number of amides is 1. The number of hydrogen-bond donors (Lipinski definition) is 2. The summed E-state index contributed by atoms with van der Waals surface area (Å²) in [4.78, 5) is 30.5. The molecule has 0 aromatic heterocycles. The number of benzene rings is 2. The van der Waals surface area contributed by atoms with Crippen LogP contribution in [-0.4, -0.2) is 79.5 Å². The zero-order valence-electron chi connectivity index (χ0n) is 23.7. The van der Waals surface area contributed by atoms with E-state index in [-0.39, 0.29) is 24.9 Å². The van der Waals surface area contributed by atoms with E-state index < -0.39 is 34.5 Å². The Kier molecular flexibility index (Phi) is 6.46. The Labute approximate surface area is 235 Å². The van der Waals surface area contributed by atoms with E-state index in [0.29, 0.717) is 6.42 Å². The summed E-state index contributed by atoms with van der Waals surface area (Å²) in [5, 5.41) is 16.1. The molecule has 2 N–H and O–H groups in total. The van der Waals surface area contributed by atoms with E-state index in [2.05, 4.69) is 40.3 Å². The molecule has 3 heterocycles. The van der Waals surface area contributed by atoms with Crippen molar-refractivity contribution in [3.05, 3.63) is 71.8 Å². The molecule has 2 aromatic rings. The van der Waals surface area contributed by atoms with Crippen molar-refractivity contribution in [1.29, 1.82) is 0 Å². The third-order valence-corrected chi connectivity index (χ3v) is 9.99. The summed E-state index contributed by atoms with van der Waals surface area (Å²) in [7, 11) is 3.66. The van der Waals surface area contributed by atoms with Crippen molar-refractivity contribution in [3.63, 3.8) is 0 Å². The van der Waals surface area contributed by atoms with Gasteiger partial charge in [-0.2, -0.15) is 0 Å². The fourth-order valence-electron chi connectivity index (χ4n) is 8.73. The van der Waals surface area contributed by atoms with Crippen LogP contribution in [0, 0.1) is 5.41 Å². The molecule has 3 aliphatic heterocycles. The summed E-state index contributed by atoms with van der Waals surface area (Å²) < 4.78 is 11.8. The minimum Gasteiger partial charge on any atom is -0.497 e. The first-order valence-corrected chi connectivity index (χ1v) is 14.2. The highest BCUT2D eigenvalue weighted by Crippen LogP contribution is 2.67. The lowest BCUT2D eigenvalue weighted by Crippen LogP contribution is -2.81. The zero-order valence-corrected chi connectivity index (χ0v) is 23.7. The van der Waals surface area contributed by atoms with E-state index >= 15 is 0 Å². The van der Waals surface area contributed by atoms with Crippen molar-refractivity contribution in [3.8, 4) is 5.75 Å². The first-order valence-electron chi connectivity index (χ1n) is 14.2. The summed E-state index contributed by atoms with van der Waals surface area (Å²) >= 11 is 0. The van der Waals surface area contributed by atoms with Crippen molar-refractivity contribution < 1.29 is 24.2 Å². The minimum absolute atomic E-state index is 0.0155. The van der Waals surface area contributed by atoms with Crippen molar-refractivity contribution in [2.24, 2.45) is 5.41 Å². The average molecular weight is 546 g/mol. The SMILES string of the molecule is CCC12C=CCN3CC[C@@]4(c5ccc(OC)cc5N(C)[C@H]4[C@@](O)(CNC(=O)Cc4ccccc4)[C@@H]1OC(C)=O)[C@@H]32. The molecule has 8 nitrogen and oxygen atoms in total. The summed E-state index contributed by atoms with van der Waals surface area (Å²) in [5.74, 6) is 0.120. The van der Waals surface area contributed by atoms with Crippen LogP contribution in [0.2, 0.25) is 0 Å².